The van der Waals surface area contributed by atoms with Crippen LogP contribution in [0, 0.1) is 0 Å². The first kappa shape index (κ1) is 17.9. The maximum Gasteiger partial charge on any atom is 0.317 e. The summed E-state index contributed by atoms with van der Waals surface area (Å²) >= 11 is 0. The number of ether oxygens (including phenoxy) is 1. The molecule has 136 valence electrons. The molecule has 1 aliphatic carbocycles. The zero-order valence-corrected chi connectivity index (χ0v) is 14.9. The number of benzene rings is 1. The quantitative estimate of drug-likeness (QED) is 0.796. The highest BCUT2D eigenvalue weighted by molar-refractivity contribution is 7.91. The zero-order chi connectivity index (χ0) is 17.9. The number of carbonyl (C=O) groups excluding carboxylic acids is 2. The molecular weight excluding hydrogens is 342 g/mol. The number of sulfone groups is 1. The third-order valence-electron chi connectivity index (χ3n) is 5.11. The first-order chi connectivity index (χ1) is 11.9. The van der Waals surface area contributed by atoms with Crippen LogP contribution in [0.4, 0.5) is 0 Å². The summed E-state index contributed by atoms with van der Waals surface area (Å²) in [7, 11) is -3.05. The average molecular weight is 365 g/mol. The van der Waals surface area contributed by atoms with Crippen molar-refractivity contribution in [1.29, 1.82) is 0 Å². The Morgan fingerprint density at radius 3 is 2.44 bits per heavy atom. The highest BCUT2D eigenvalue weighted by Crippen LogP contribution is 2.42. The van der Waals surface area contributed by atoms with E-state index in [1.807, 2.05) is 30.3 Å². The van der Waals surface area contributed by atoms with Crippen molar-refractivity contribution < 1.29 is 22.7 Å². The van der Waals surface area contributed by atoms with Crippen LogP contribution >= 0.6 is 0 Å². The van der Waals surface area contributed by atoms with Crippen molar-refractivity contribution in [2.45, 2.75) is 43.6 Å². The zero-order valence-electron chi connectivity index (χ0n) is 14.1. The molecule has 2 fully saturated rings. The van der Waals surface area contributed by atoms with Crippen molar-refractivity contribution in [2.75, 3.05) is 18.1 Å². The van der Waals surface area contributed by atoms with Gasteiger partial charge in [-0.05, 0) is 24.8 Å². The average Bonchev–Trinajstić information content (AvgIpc) is 3.21. The van der Waals surface area contributed by atoms with Gasteiger partial charge in [0.25, 0.3) is 5.91 Å². The highest BCUT2D eigenvalue weighted by atomic mass is 32.2. The molecule has 1 aromatic carbocycles. The van der Waals surface area contributed by atoms with Crippen molar-refractivity contribution in [1.82, 2.24) is 5.32 Å². The summed E-state index contributed by atoms with van der Waals surface area (Å²) < 4.78 is 28.2. The predicted molar refractivity (Wildman–Crippen MR) is 92.7 cm³/mol. The predicted octanol–water partition coefficient (Wildman–Crippen LogP) is 1.34. The van der Waals surface area contributed by atoms with Crippen LogP contribution in [0.25, 0.3) is 0 Å². The fourth-order valence-electron chi connectivity index (χ4n) is 3.79. The van der Waals surface area contributed by atoms with Crippen LogP contribution in [0.1, 0.15) is 37.7 Å². The minimum absolute atomic E-state index is 0.0410. The van der Waals surface area contributed by atoms with Gasteiger partial charge in [-0.25, -0.2) is 8.42 Å². The van der Waals surface area contributed by atoms with E-state index in [9.17, 15) is 18.0 Å². The van der Waals surface area contributed by atoms with E-state index in [1.54, 1.807) is 0 Å². The number of amides is 1. The third kappa shape index (κ3) is 4.03. The maximum absolute atomic E-state index is 12.7. The summed E-state index contributed by atoms with van der Waals surface area (Å²) in [4.78, 5) is 24.7. The molecule has 1 unspecified atom stereocenters. The number of esters is 1. The van der Waals surface area contributed by atoms with E-state index in [0.717, 1.165) is 31.2 Å². The SMILES string of the molecule is O=C(COC(=O)C1(c2ccccc2)CCCC1)NC1CCS(=O)(=O)C1. The molecular formula is C18H23NO5S. The molecule has 7 heteroatoms. The number of hydrogen-bond acceptors (Lipinski definition) is 5. The summed E-state index contributed by atoms with van der Waals surface area (Å²) in [5.74, 6) is -0.766. The van der Waals surface area contributed by atoms with Crippen molar-refractivity contribution >= 4 is 21.7 Å². The molecule has 6 nitrogen and oxygen atoms in total. The van der Waals surface area contributed by atoms with E-state index < -0.39 is 21.2 Å². The summed E-state index contributed by atoms with van der Waals surface area (Å²) in [6.45, 7) is -0.371. The van der Waals surface area contributed by atoms with E-state index in [2.05, 4.69) is 5.32 Å². The van der Waals surface area contributed by atoms with Crippen LogP contribution in [0.2, 0.25) is 0 Å². The van der Waals surface area contributed by atoms with E-state index in [4.69, 9.17) is 4.74 Å². The summed E-state index contributed by atoms with van der Waals surface area (Å²) in [5.41, 5.74) is 0.262. The molecule has 0 radical (unpaired) electrons. The molecule has 1 atom stereocenters. The minimum atomic E-state index is -3.05. The molecule has 1 amide bonds. The molecule has 1 N–H and O–H groups in total. The fourth-order valence-corrected chi connectivity index (χ4v) is 5.47. The lowest BCUT2D eigenvalue weighted by Gasteiger charge is -2.27. The van der Waals surface area contributed by atoms with Gasteiger partial charge in [0.1, 0.15) is 0 Å². The van der Waals surface area contributed by atoms with Gasteiger partial charge >= 0.3 is 5.97 Å². The lowest BCUT2D eigenvalue weighted by atomic mass is 9.79. The number of carbonyl (C=O) groups is 2. The topological polar surface area (TPSA) is 89.5 Å². The minimum Gasteiger partial charge on any atom is -0.455 e. The Balaban J connectivity index is 1.58. The molecule has 0 spiro atoms. The van der Waals surface area contributed by atoms with Gasteiger partial charge in [0, 0.05) is 6.04 Å². The molecule has 0 bridgehead atoms. The lowest BCUT2D eigenvalue weighted by molar-refractivity contribution is -0.154. The highest BCUT2D eigenvalue weighted by Gasteiger charge is 2.44. The summed E-state index contributed by atoms with van der Waals surface area (Å²) in [6, 6.07) is 9.17. The van der Waals surface area contributed by atoms with Crippen LogP contribution in [-0.4, -0.2) is 44.4 Å². The smallest absolute Gasteiger partial charge is 0.317 e. The number of hydrogen-bond donors (Lipinski definition) is 1. The summed E-state index contributed by atoms with van der Waals surface area (Å²) in [6.07, 6.45) is 3.76. The van der Waals surface area contributed by atoms with Gasteiger partial charge in [-0.3, -0.25) is 9.59 Å². The van der Waals surface area contributed by atoms with Crippen LogP contribution in [0.5, 0.6) is 0 Å². The Bertz CT molecular complexity index is 738. The first-order valence-electron chi connectivity index (χ1n) is 8.64. The molecule has 0 aromatic heterocycles. The molecule has 1 aromatic rings. The van der Waals surface area contributed by atoms with Crippen LogP contribution in [0.15, 0.2) is 30.3 Å². The van der Waals surface area contributed by atoms with E-state index in [-0.39, 0.29) is 30.1 Å². The van der Waals surface area contributed by atoms with Crippen molar-refractivity contribution in [3.8, 4) is 0 Å². The Morgan fingerprint density at radius 2 is 1.84 bits per heavy atom. The van der Waals surface area contributed by atoms with Gasteiger partial charge in [0.2, 0.25) is 0 Å². The largest absolute Gasteiger partial charge is 0.455 e. The van der Waals surface area contributed by atoms with Crippen LogP contribution < -0.4 is 5.32 Å². The molecule has 1 aliphatic heterocycles. The van der Waals surface area contributed by atoms with Gasteiger partial charge in [-0.15, -0.1) is 0 Å². The second-order valence-corrected chi connectivity index (χ2v) is 9.13. The second kappa shape index (κ2) is 7.15. The monoisotopic (exact) mass is 365 g/mol. The molecule has 1 heterocycles. The van der Waals surface area contributed by atoms with Crippen molar-refractivity contribution in [3.63, 3.8) is 0 Å². The standard InChI is InChI=1S/C18H23NO5S/c20-16(19-15-8-11-25(22,23)13-15)12-24-17(21)18(9-4-5-10-18)14-6-2-1-3-7-14/h1-3,6-7,15H,4-5,8-13H2,(H,19,20). The third-order valence-corrected chi connectivity index (χ3v) is 6.87. The fraction of sp³-hybridized carbons (Fsp3) is 0.556. The maximum atomic E-state index is 12.7. The Labute approximate surface area is 147 Å². The van der Waals surface area contributed by atoms with E-state index in [1.165, 1.54) is 0 Å². The lowest BCUT2D eigenvalue weighted by Crippen LogP contribution is -2.41. The van der Waals surface area contributed by atoms with Gasteiger partial charge in [-0.1, -0.05) is 43.2 Å². The van der Waals surface area contributed by atoms with Crippen molar-refractivity contribution in [3.05, 3.63) is 35.9 Å². The van der Waals surface area contributed by atoms with E-state index in [0.29, 0.717) is 6.42 Å². The molecule has 1 saturated heterocycles. The van der Waals surface area contributed by atoms with Crippen LogP contribution in [-0.2, 0) is 29.6 Å². The van der Waals surface area contributed by atoms with Crippen molar-refractivity contribution in [2.24, 2.45) is 0 Å². The molecule has 2 aliphatic rings. The van der Waals surface area contributed by atoms with Gasteiger partial charge in [0.05, 0.1) is 16.9 Å². The first-order valence-corrected chi connectivity index (χ1v) is 10.5. The molecule has 3 rings (SSSR count). The van der Waals surface area contributed by atoms with Gasteiger partial charge in [-0.2, -0.15) is 0 Å². The normalized spacial score (nSPS) is 23.9. The molecule has 1 saturated carbocycles. The number of rotatable bonds is 5. The van der Waals surface area contributed by atoms with Crippen LogP contribution in [0.3, 0.4) is 0 Å². The molecule has 25 heavy (non-hydrogen) atoms. The van der Waals surface area contributed by atoms with E-state index >= 15 is 0 Å². The number of nitrogens with one attached hydrogen (secondary N) is 1. The Kier molecular flexibility index (Phi) is 5.13. The Morgan fingerprint density at radius 1 is 1.16 bits per heavy atom. The second-order valence-electron chi connectivity index (χ2n) is 6.90. The summed E-state index contributed by atoms with van der Waals surface area (Å²) in [5, 5.41) is 2.64. The van der Waals surface area contributed by atoms with Gasteiger partial charge in [0.15, 0.2) is 16.4 Å². The Hall–Kier alpha value is -1.89. The van der Waals surface area contributed by atoms with Gasteiger partial charge < -0.3 is 10.1 Å².